The summed E-state index contributed by atoms with van der Waals surface area (Å²) < 4.78 is 65.1. The van der Waals surface area contributed by atoms with Crippen LogP contribution in [-0.2, 0) is 20.2 Å². The van der Waals surface area contributed by atoms with Crippen LogP contribution in [0.4, 0.5) is 22.7 Å². The van der Waals surface area contributed by atoms with Crippen LogP contribution in [0.15, 0.2) is 62.5 Å². The highest BCUT2D eigenvalue weighted by Crippen LogP contribution is 2.43. The summed E-state index contributed by atoms with van der Waals surface area (Å²) in [5.74, 6) is -0.712. The molecule has 0 aliphatic heterocycles. The molecule has 31 heavy (non-hydrogen) atoms. The molecular formula is C16H12N4O9S2. The first-order valence-electron chi connectivity index (χ1n) is 7.99. The quantitative estimate of drug-likeness (QED) is 0.141. The average molecular weight is 468 g/mol. The third-order valence-electron chi connectivity index (χ3n) is 4.07. The lowest BCUT2D eigenvalue weighted by Gasteiger charge is -2.12. The highest BCUT2D eigenvalue weighted by molar-refractivity contribution is 7.86. The Labute approximate surface area is 174 Å². The van der Waals surface area contributed by atoms with Gasteiger partial charge < -0.3 is 10.8 Å². The summed E-state index contributed by atoms with van der Waals surface area (Å²) in [4.78, 5) is 8.47. The molecule has 162 valence electrons. The van der Waals surface area contributed by atoms with E-state index in [1.54, 1.807) is 0 Å². The van der Waals surface area contributed by atoms with Crippen molar-refractivity contribution in [1.29, 1.82) is 0 Å². The van der Waals surface area contributed by atoms with Crippen molar-refractivity contribution in [3.8, 4) is 5.75 Å². The van der Waals surface area contributed by atoms with Gasteiger partial charge in [-0.15, -0.1) is 5.11 Å². The van der Waals surface area contributed by atoms with Crippen LogP contribution in [0.3, 0.4) is 0 Å². The number of rotatable bonds is 5. The zero-order valence-corrected chi connectivity index (χ0v) is 16.7. The second-order valence-electron chi connectivity index (χ2n) is 6.10. The van der Waals surface area contributed by atoms with Crippen molar-refractivity contribution in [2.45, 2.75) is 9.79 Å². The lowest BCUT2D eigenvalue weighted by molar-refractivity contribution is -0.384. The van der Waals surface area contributed by atoms with Gasteiger partial charge >= 0.3 is 0 Å². The summed E-state index contributed by atoms with van der Waals surface area (Å²) in [5, 5.41) is 27.9. The number of fused-ring (bicyclic) bond motifs is 1. The third-order valence-corrected chi connectivity index (χ3v) is 5.77. The van der Waals surface area contributed by atoms with Gasteiger partial charge in [0.1, 0.15) is 16.3 Å². The number of hydrogen-bond acceptors (Lipinski definition) is 10. The molecular weight excluding hydrogens is 456 g/mol. The fraction of sp³-hybridized carbons (Fsp3) is 0. The zero-order chi connectivity index (χ0) is 23.1. The van der Waals surface area contributed by atoms with Crippen LogP contribution in [0.2, 0.25) is 0 Å². The number of non-ortho nitro benzene ring substituents is 1. The van der Waals surface area contributed by atoms with E-state index in [2.05, 4.69) is 10.2 Å². The van der Waals surface area contributed by atoms with Crippen molar-refractivity contribution in [2.24, 2.45) is 10.2 Å². The number of nitro benzene ring substituents is 1. The Bertz CT molecular complexity index is 1470. The van der Waals surface area contributed by atoms with E-state index in [4.69, 9.17) is 5.73 Å². The summed E-state index contributed by atoms with van der Waals surface area (Å²) in [6.07, 6.45) is 0. The van der Waals surface area contributed by atoms with Crippen molar-refractivity contribution >= 4 is 53.8 Å². The summed E-state index contributed by atoms with van der Waals surface area (Å²) >= 11 is 0. The smallest absolute Gasteiger partial charge is 0.296 e. The summed E-state index contributed by atoms with van der Waals surface area (Å²) in [5.41, 5.74) is 4.75. The SMILES string of the molecule is Nc1c(/N=N/c2ccc([N+](=O)[O-])cc2)c(S(=O)(=O)O)cc2cc(S(=O)(=O)O)cc(O)c12. The minimum absolute atomic E-state index is 0.0809. The molecule has 0 saturated heterocycles. The van der Waals surface area contributed by atoms with Gasteiger partial charge in [0, 0.05) is 23.6 Å². The Balaban J connectivity index is 2.26. The standard InChI is InChI=1S/C16H12N4O9S2/c17-15-14-8(5-11(7-12(14)21)30(24,25)26)6-13(31(27,28)29)16(15)19-18-9-1-3-10(4-2-9)20(22)23/h1-7,21H,17H2,(H,24,25,26)(H,27,28,29)/b19-18+. The van der Waals surface area contributed by atoms with Crippen molar-refractivity contribution in [3.05, 3.63) is 52.6 Å². The number of nitrogens with zero attached hydrogens (tertiary/aromatic N) is 3. The molecule has 15 heteroatoms. The number of nitro groups is 1. The first-order chi connectivity index (χ1) is 14.3. The van der Waals surface area contributed by atoms with Gasteiger partial charge in [-0.3, -0.25) is 19.2 Å². The summed E-state index contributed by atoms with van der Waals surface area (Å²) in [6.45, 7) is 0. The number of aromatic hydroxyl groups is 1. The minimum atomic E-state index is -4.95. The van der Waals surface area contributed by atoms with E-state index in [0.717, 1.165) is 24.3 Å². The molecule has 0 heterocycles. The molecule has 0 aliphatic carbocycles. The van der Waals surface area contributed by atoms with E-state index in [0.29, 0.717) is 6.07 Å². The van der Waals surface area contributed by atoms with E-state index < -0.39 is 52.1 Å². The van der Waals surface area contributed by atoms with E-state index in [1.807, 2.05) is 0 Å². The topological polar surface area (TPSA) is 223 Å². The number of phenols is 1. The van der Waals surface area contributed by atoms with Crippen LogP contribution in [0.1, 0.15) is 0 Å². The van der Waals surface area contributed by atoms with Gasteiger partial charge in [-0.05, 0) is 29.7 Å². The second-order valence-corrected chi connectivity index (χ2v) is 8.91. The van der Waals surface area contributed by atoms with E-state index in [1.165, 1.54) is 12.1 Å². The van der Waals surface area contributed by atoms with Crippen LogP contribution in [0.5, 0.6) is 5.75 Å². The molecule has 0 bridgehead atoms. The van der Waals surface area contributed by atoms with Crippen LogP contribution in [-0.4, -0.2) is 36.0 Å². The van der Waals surface area contributed by atoms with Crippen LogP contribution in [0, 0.1) is 10.1 Å². The Morgan fingerprint density at radius 1 is 0.935 bits per heavy atom. The molecule has 0 saturated carbocycles. The predicted octanol–water partition coefficient (Wildman–Crippen LogP) is 2.94. The minimum Gasteiger partial charge on any atom is -0.507 e. The fourth-order valence-corrected chi connectivity index (χ4v) is 3.89. The number of azo groups is 1. The van der Waals surface area contributed by atoms with Gasteiger partial charge in [0.15, 0.2) is 0 Å². The third kappa shape index (κ3) is 4.43. The molecule has 3 aromatic carbocycles. The molecule has 13 nitrogen and oxygen atoms in total. The molecule has 3 rings (SSSR count). The fourth-order valence-electron chi connectivity index (χ4n) is 2.69. The average Bonchev–Trinajstić information content (AvgIpc) is 2.65. The Morgan fingerprint density at radius 2 is 1.55 bits per heavy atom. The normalized spacial score (nSPS) is 12.5. The van der Waals surface area contributed by atoms with Crippen LogP contribution < -0.4 is 5.73 Å². The highest BCUT2D eigenvalue weighted by Gasteiger charge is 2.24. The monoisotopic (exact) mass is 468 g/mol. The predicted molar refractivity (Wildman–Crippen MR) is 107 cm³/mol. The van der Waals surface area contributed by atoms with Gasteiger partial charge in [-0.2, -0.15) is 21.9 Å². The first-order valence-corrected chi connectivity index (χ1v) is 10.9. The van der Waals surface area contributed by atoms with Crippen molar-refractivity contribution in [3.63, 3.8) is 0 Å². The van der Waals surface area contributed by atoms with Gasteiger partial charge in [0.25, 0.3) is 25.9 Å². The number of benzene rings is 3. The number of nitrogens with two attached hydrogens (primary N) is 1. The number of anilines is 1. The molecule has 3 aromatic rings. The lowest BCUT2D eigenvalue weighted by Crippen LogP contribution is -2.03. The van der Waals surface area contributed by atoms with Crippen molar-refractivity contribution < 1.29 is 36.0 Å². The van der Waals surface area contributed by atoms with Gasteiger partial charge in [0.05, 0.1) is 21.2 Å². The van der Waals surface area contributed by atoms with Crippen molar-refractivity contribution in [2.75, 3.05) is 5.73 Å². The van der Waals surface area contributed by atoms with Crippen LogP contribution >= 0.6 is 0 Å². The van der Waals surface area contributed by atoms with E-state index >= 15 is 0 Å². The highest BCUT2D eigenvalue weighted by atomic mass is 32.2. The maximum atomic E-state index is 11.8. The summed E-state index contributed by atoms with van der Waals surface area (Å²) in [6, 6.07) is 7.03. The van der Waals surface area contributed by atoms with E-state index in [-0.39, 0.29) is 22.1 Å². The largest absolute Gasteiger partial charge is 0.507 e. The number of phenolic OH excluding ortho intramolecular Hbond substituents is 1. The van der Waals surface area contributed by atoms with Gasteiger partial charge in [-0.25, -0.2) is 0 Å². The van der Waals surface area contributed by atoms with Crippen molar-refractivity contribution in [1.82, 2.24) is 0 Å². The zero-order valence-electron chi connectivity index (χ0n) is 15.1. The van der Waals surface area contributed by atoms with Crippen LogP contribution in [0.25, 0.3) is 10.8 Å². The van der Waals surface area contributed by atoms with Gasteiger partial charge in [-0.1, -0.05) is 0 Å². The lowest BCUT2D eigenvalue weighted by atomic mass is 10.1. The molecule has 0 aliphatic rings. The second kappa shape index (κ2) is 7.55. The van der Waals surface area contributed by atoms with Gasteiger partial charge in [0.2, 0.25) is 0 Å². The molecule has 0 aromatic heterocycles. The number of nitrogen functional groups attached to an aromatic ring is 1. The Morgan fingerprint density at radius 3 is 2.06 bits per heavy atom. The molecule has 0 unspecified atom stereocenters. The molecule has 0 radical (unpaired) electrons. The Hall–Kier alpha value is -3.66. The number of hydrogen-bond donors (Lipinski definition) is 4. The summed E-state index contributed by atoms with van der Waals surface area (Å²) in [7, 11) is -9.69. The maximum Gasteiger partial charge on any atom is 0.296 e. The maximum absolute atomic E-state index is 11.8. The first kappa shape index (κ1) is 22.0. The van der Waals surface area contributed by atoms with E-state index in [9.17, 15) is 41.2 Å². The molecule has 0 spiro atoms. The molecule has 0 fully saturated rings. The molecule has 5 N–H and O–H groups in total. The molecule has 0 amide bonds. The Kier molecular flexibility index (Phi) is 5.36. The molecule has 0 atom stereocenters.